The summed E-state index contributed by atoms with van der Waals surface area (Å²) >= 11 is 0. The van der Waals surface area contributed by atoms with Crippen molar-refractivity contribution in [3.05, 3.63) is 0 Å². The van der Waals surface area contributed by atoms with Gasteiger partial charge in [0.1, 0.15) is 0 Å². The molecule has 0 heterocycles. The zero-order valence-corrected chi connectivity index (χ0v) is 10.8. The van der Waals surface area contributed by atoms with Crippen LogP contribution in [0.3, 0.4) is 0 Å². The Morgan fingerprint density at radius 1 is 1.38 bits per heavy atom. The Labute approximate surface area is 98.9 Å². The van der Waals surface area contributed by atoms with Gasteiger partial charge in [0, 0.05) is 19.6 Å². The molecular formula is C12H26N2O2. The molecule has 0 saturated heterocycles. The summed E-state index contributed by atoms with van der Waals surface area (Å²) in [5.41, 5.74) is 5.45. The molecule has 2 atom stereocenters. The fourth-order valence-corrected chi connectivity index (χ4v) is 1.50. The van der Waals surface area contributed by atoms with Crippen LogP contribution in [0.1, 0.15) is 40.0 Å². The molecule has 0 aliphatic heterocycles. The highest BCUT2D eigenvalue weighted by Crippen LogP contribution is 2.08. The zero-order chi connectivity index (χ0) is 12.4. The van der Waals surface area contributed by atoms with Crippen LogP contribution >= 0.6 is 0 Å². The summed E-state index contributed by atoms with van der Waals surface area (Å²) < 4.78 is 5.33. The Bertz CT molecular complexity index is 168. The van der Waals surface area contributed by atoms with Crippen LogP contribution in [0.25, 0.3) is 0 Å². The molecule has 0 aromatic heterocycles. The number of rotatable bonds is 9. The molecule has 0 fully saturated rings. The Kier molecular flexibility index (Phi) is 9.24. The summed E-state index contributed by atoms with van der Waals surface area (Å²) in [6, 6.07) is 0. The van der Waals surface area contributed by atoms with Gasteiger partial charge in [-0.25, -0.2) is 0 Å². The van der Waals surface area contributed by atoms with E-state index in [9.17, 15) is 4.79 Å². The van der Waals surface area contributed by atoms with E-state index in [2.05, 4.69) is 12.2 Å². The molecule has 0 aliphatic rings. The van der Waals surface area contributed by atoms with Crippen molar-refractivity contribution in [3.63, 3.8) is 0 Å². The smallest absolute Gasteiger partial charge is 0.220 e. The van der Waals surface area contributed by atoms with Crippen molar-refractivity contribution >= 4 is 5.91 Å². The maximum atomic E-state index is 11.5. The van der Waals surface area contributed by atoms with Gasteiger partial charge in [-0.2, -0.15) is 0 Å². The van der Waals surface area contributed by atoms with Gasteiger partial charge in [-0.15, -0.1) is 0 Å². The number of amides is 1. The minimum atomic E-state index is 0.0930. The molecule has 3 N–H and O–H groups in total. The summed E-state index contributed by atoms with van der Waals surface area (Å²) in [6.07, 6.45) is 2.57. The van der Waals surface area contributed by atoms with E-state index in [4.69, 9.17) is 10.5 Å². The van der Waals surface area contributed by atoms with Crippen LogP contribution in [0.5, 0.6) is 0 Å². The van der Waals surface area contributed by atoms with E-state index in [1.54, 1.807) is 0 Å². The van der Waals surface area contributed by atoms with Gasteiger partial charge in [-0.05, 0) is 39.2 Å². The van der Waals surface area contributed by atoms with E-state index in [0.717, 1.165) is 12.8 Å². The fraction of sp³-hybridized carbons (Fsp3) is 0.917. The van der Waals surface area contributed by atoms with Gasteiger partial charge in [0.05, 0.1) is 6.10 Å². The van der Waals surface area contributed by atoms with Crippen LogP contribution < -0.4 is 11.1 Å². The first-order valence-corrected chi connectivity index (χ1v) is 6.18. The maximum Gasteiger partial charge on any atom is 0.220 e. The first-order chi connectivity index (χ1) is 7.60. The molecule has 0 aliphatic carbocycles. The summed E-state index contributed by atoms with van der Waals surface area (Å²) in [4.78, 5) is 11.5. The van der Waals surface area contributed by atoms with Gasteiger partial charge in [0.2, 0.25) is 5.91 Å². The van der Waals surface area contributed by atoms with Crippen LogP contribution in [0.2, 0.25) is 0 Å². The number of carbonyl (C=O) groups excluding carboxylic acids is 1. The van der Waals surface area contributed by atoms with Gasteiger partial charge < -0.3 is 15.8 Å². The van der Waals surface area contributed by atoms with Crippen LogP contribution in [0, 0.1) is 5.92 Å². The molecule has 0 bridgehead atoms. The van der Waals surface area contributed by atoms with E-state index in [1.165, 1.54) is 0 Å². The molecule has 1 amide bonds. The highest BCUT2D eigenvalue weighted by molar-refractivity contribution is 5.75. The number of carbonyl (C=O) groups is 1. The molecule has 0 aromatic carbocycles. The van der Waals surface area contributed by atoms with Gasteiger partial charge in [0.25, 0.3) is 0 Å². The Morgan fingerprint density at radius 2 is 2.06 bits per heavy atom. The van der Waals surface area contributed by atoms with Crippen molar-refractivity contribution in [1.29, 1.82) is 0 Å². The molecule has 0 aromatic rings. The summed E-state index contributed by atoms with van der Waals surface area (Å²) in [7, 11) is 0. The largest absolute Gasteiger partial charge is 0.377 e. The lowest BCUT2D eigenvalue weighted by atomic mass is 10.0. The van der Waals surface area contributed by atoms with Crippen LogP contribution in [0.4, 0.5) is 0 Å². The van der Waals surface area contributed by atoms with E-state index < -0.39 is 0 Å². The Morgan fingerprint density at radius 3 is 2.62 bits per heavy atom. The number of hydrogen-bond acceptors (Lipinski definition) is 3. The third-order valence-electron chi connectivity index (χ3n) is 2.56. The topological polar surface area (TPSA) is 64.3 Å². The number of nitrogens with one attached hydrogen (secondary N) is 1. The normalized spacial score (nSPS) is 14.5. The molecule has 0 radical (unpaired) electrons. The van der Waals surface area contributed by atoms with Gasteiger partial charge in [0.15, 0.2) is 0 Å². The van der Waals surface area contributed by atoms with Crippen LogP contribution in [-0.4, -0.2) is 31.7 Å². The molecule has 16 heavy (non-hydrogen) atoms. The van der Waals surface area contributed by atoms with Crippen LogP contribution in [-0.2, 0) is 9.53 Å². The zero-order valence-electron chi connectivity index (χ0n) is 10.8. The number of hydrogen-bond donors (Lipinski definition) is 2. The third kappa shape index (κ3) is 8.68. The Balaban J connectivity index is 3.51. The van der Waals surface area contributed by atoms with Crippen LogP contribution in [0.15, 0.2) is 0 Å². The molecule has 4 heteroatoms. The minimum absolute atomic E-state index is 0.0930. The lowest BCUT2D eigenvalue weighted by Gasteiger charge is -2.13. The molecule has 0 rings (SSSR count). The summed E-state index contributed by atoms with van der Waals surface area (Å²) in [6.45, 7) is 8.02. The Hall–Kier alpha value is -0.610. The molecule has 0 saturated carbocycles. The molecular weight excluding hydrogens is 204 g/mol. The molecule has 4 nitrogen and oxygen atoms in total. The van der Waals surface area contributed by atoms with Crippen molar-refractivity contribution < 1.29 is 9.53 Å². The highest BCUT2D eigenvalue weighted by Gasteiger charge is 2.07. The standard InChI is InChI=1S/C12H26N2O2/c1-4-16-11(3)9-14-12(15)6-5-10(2)7-8-13/h10-11H,4-9,13H2,1-3H3,(H,14,15). The first kappa shape index (κ1) is 15.4. The van der Waals surface area contributed by atoms with Crippen molar-refractivity contribution in [2.75, 3.05) is 19.7 Å². The van der Waals surface area contributed by atoms with E-state index in [0.29, 0.717) is 32.0 Å². The van der Waals surface area contributed by atoms with Crippen molar-refractivity contribution in [3.8, 4) is 0 Å². The monoisotopic (exact) mass is 230 g/mol. The predicted octanol–water partition coefficient (Wildman–Crippen LogP) is 1.29. The number of ether oxygens (including phenoxy) is 1. The molecule has 2 unspecified atom stereocenters. The first-order valence-electron chi connectivity index (χ1n) is 6.18. The number of nitrogens with two attached hydrogens (primary N) is 1. The second-order valence-electron chi connectivity index (χ2n) is 4.29. The van der Waals surface area contributed by atoms with Gasteiger partial charge >= 0.3 is 0 Å². The van der Waals surface area contributed by atoms with Crippen molar-refractivity contribution in [2.45, 2.75) is 46.1 Å². The third-order valence-corrected chi connectivity index (χ3v) is 2.56. The molecule has 0 spiro atoms. The predicted molar refractivity (Wildman–Crippen MR) is 66.2 cm³/mol. The second-order valence-corrected chi connectivity index (χ2v) is 4.29. The second kappa shape index (κ2) is 9.60. The summed E-state index contributed by atoms with van der Waals surface area (Å²) in [5.74, 6) is 0.635. The summed E-state index contributed by atoms with van der Waals surface area (Å²) in [5, 5.41) is 2.87. The minimum Gasteiger partial charge on any atom is -0.377 e. The lowest BCUT2D eigenvalue weighted by molar-refractivity contribution is -0.122. The SMILES string of the molecule is CCOC(C)CNC(=O)CCC(C)CCN. The van der Waals surface area contributed by atoms with E-state index in [-0.39, 0.29) is 12.0 Å². The average molecular weight is 230 g/mol. The fourth-order valence-electron chi connectivity index (χ4n) is 1.50. The van der Waals surface area contributed by atoms with E-state index in [1.807, 2.05) is 13.8 Å². The maximum absolute atomic E-state index is 11.5. The average Bonchev–Trinajstić information content (AvgIpc) is 2.24. The van der Waals surface area contributed by atoms with Gasteiger partial charge in [-0.3, -0.25) is 4.79 Å². The van der Waals surface area contributed by atoms with Gasteiger partial charge in [-0.1, -0.05) is 6.92 Å². The van der Waals surface area contributed by atoms with E-state index >= 15 is 0 Å². The lowest BCUT2D eigenvalue weighted by Crippen LogP contribution is -2.32. The van der Waals surface area contributed by atoms with Crippen molar-refractivity contribution in [1.82, 2.24) is 5.32 Å². The molecule has 96 valence electrons. The highest BCUT2D eigenvalue weighted by atomic mass is 16.5. The van der Waals surface area contributed by atoms with Crippen molar-refractivity contribution in [2.24, 2.45) is 11.7 Å². The quantitative estimate of drug-likeness (QED) is 0.627.